The van der Waals surface area contributed by atoms with Crippen LogP contribution in [0.15, 0.2) is 0 Å². The van der Waals surface area contributed by atoms with E-state index in [1.807, 2.05) is 0 Å². The lowest BCUT2D eigenvalue weighted by atomic mass is 10.1. The molecule has 11 heteroatoms. The van der Waals surface area contributed by atoms with E-state index in [1.165, 1.54) is 0 Å². The van der Waals surface area contributed by atoms with Crippen LogP contribution < -0.4 is 0 Å². The summed E-state index contributed by atoms with van der Waals surface area (Å²) in [6.45, 7) is 5.39. The van der Waals surface area contributed by atoms with Crippen LogP contribution in [0.4, 0.5) is 0 Å². The molecule has 0 aliphatic heterocycles. The number of ether oxygens (including phenoxy) is 1. The first-order valence-corrected chi connectivity index (χ1v) is 10.7. The molecule has 172 valence electrons. The third-order valence-electron chi connectivity index (χ3n) is 3.13. The number of Topliss-reactive ketones (excluding diaryl/α,β-unsaturated/α-hetero) is 2. The third-order valence-corrected chi connectivity index (χ3v) is 3.13. The number of hydrogen-bond donors (Lipinski definition) is 3. The Morgan fingerprint density at radius 3 is 1.38 bits per heavy atom. The van der Waals surface area contributed by atoms with Gasteiger partial charge in [0.1, 0.15) is 11.6 Å². The van der Waals surface area contributed by atoms with Crippen LogP contribution in [0.2, 0.25) is 0 Å². The van der Waals surface area contributed by atoms with Crippen molar-refractivity contribution < 1.29 is 46.5 Å². The van der Waals surface area contributed by atoms with Gasteiger partial charge in [-0.3, -0.25) is 18.7 Å². The molecule has 0 radical (unpaired) electrons. The molecule has 29 heavy (non-hydrogen) atoms. The highest BCUT2D eigenvalue weighted by atomic mass is 32.3. The molecule has 0 bridgehead atoms. The quantitative estimate of drug-likeness (QED) is 0.218. The SMILES string of the molecule is CC(=O)CCCCCC(=O)O.CCOC(=O)CCCCCC(C)=O.O=S(=O)(O)O. The molecule has 0 saturated heterocycles. The minimum atomic E-state index is -4.67. The number of carbonyl (C=O) groups excluding carboxylic acids is 3. The van der Waals surface area contributed by atoms with E-state index >= 15 is 0 Å². The summed E-state index contributed by atoms with van der Waals surface area (Å²) in [5.74, 6) is -0.491. The van der Waals surface area contributed by atoms with Crippen molar-refractivity contribution in [3.8, 4) is 0 Å². The average molecular weight is 443 g/mol. The van der Waals surface area contributed by atoms with Gasteiger partial charge in [0.15, 0.2) is 0 Å². The summed E-state index contributed by atoms with van der Waals surface area (Å²) in [6.07, 6.45) is 6.89. The van der Waals surface area contributed by atoms with E-state index in [2.05, 4.69) is 0 Å². The number of rotatable bonds is 13. The van der Waals surface area contributed by atoms with Crippen LogP contribution in [-0.2, 0) is 34.3 Å². The van der Waals surface area contributed by atoms with Crippen molar-refractivity contribution in [3.63, 3.8) is 0 Å². The molecule has 0 spiro atoms. The molecule has 0 heterocycles. The fourth-order valence-corrected chi connectivity index (χ4v) is 1.88. The van der Waals surface area contributed by atoms with E-state index in [4.69, 9.17) is 27.4 Å². The molecule has 0 aliphatic rings. The minimum Gasteiger partial charge on any atom is -0.481 e. The Balaban J connectivity index is -0.000000383. The predicted molar refractivity (Wildman–Crippen MR) is 106 cm³/mol. The summed E-state index contributed by atoms with van der Waals surface area (Å²) < 4.78 is 36.3. The first-order valence-electron chi connectivity index (χ1n) is 9.35. The van der Waals surface area contributed by atoms with Gasteiger partial charge in [0.2, 0.25) is 0 Å². The van der Waals surface area contributed by atoms with Crippen molar-refractivity contribution in [2.75, 3.05) is 6.61 Å². The summed E-state index contributed by atoms with van der Waals surface area (Å²) in [7, 11) is -4.67. The largest absolute Gasteiger partial charge is 0.481 e. The predicted octanol–water partition coefficient (Wildman–Crippen LogP) is 3.05. The maximum atomic E-state index is 10.9. The molecule has 3 N–H and O–H groups in total. The van der Waals surface area contributed by atoms with Gasteiger partial charge in [-0.1, -0.05) is 12.8 Å². The van der Waals surface area contributed by atoms with Crippen molar-refractivity contribution in [3.05, 3.63) is 0 Å². The summed E-state index contributed by atoms with van der Waals surface area (Å²) in [4.78, 5) is 41.9. The number of carboxylic acids is 1. The number of esters is 1. The van der Waals surface area contributed by atoms with Crippen molar-refractivity contribution >= 4 is 33.9 Å². The maximum Gasteiger partial charge on any atom is 0.394 e. The van der Waals surface area contributed by atoms with Crippen molar-refractivity contribution in [2.24, 2.45) is 0 Å². The van der Waals surface area contributed by atoms with Gasteiger partial charge in [-0.15, -0.1) is 0 Å². The summed E-state index contributed by atoms with van der Waals surface area (Å²) >= 11 is 0. The van der Waals surface area contributed by atoms with Gasteiger partial charge in [0.05, 0.1) is 6.61 Å². The second-order valence-corrected chi connectivity index (χ2v) is 7.07. The Morgan fingerprint density at radius 2 is 1.07 bits per heavy atom. The van der Waals surface area contributed by atoms with Crippen molar-refractivity contribution in [2.45, 2.75) is 85.0 Å². The van der Waals surface area contributed by atoms with Crippen LogP contribution in [-0.4, -0.2) is 52.7 Å². The van der Waals surface area contributed by atoms with E-state index in [-0.39, 0.29) is 24.0 Å². The molecule has 0 aromatic heterocycles. The van der Waals surface area contributed by atoms with Crippen LogP contribution in [0.25, 0.3) is 0 Å². The van der Waals surface area contributed by atoms with Gasteiger partial charge in [0, 0.05) is 25.7 Å². The molecule has 0 aliphatic carbocycles. The molecule has 0 aromatic rings. The first kappa shape index (κ1) is 31.8. The van der Waals surface area contributed by atoms with E-state index in [1.54, 1.807) is 20.8 Å². The average Bonchev–Trinajstić information content (AvgIpc) is 2.52. The Bertz CT molecular complexity index is 545. The first-order chi connectivity index (χ1) is 13.3. The van der Waals surface area contributed by atoms with Gasteiger partial charge in [-0.25, -0.2) is 0 Å². The van der Waals surface area contributed by atoms with Gasteiger partial charge >= 0.3 is 22.3 Å². The van der Waals surface area contributed by atoms with Crippen LogP contribution >= 0.6 is 0 Å². The Kier molecular flexibility index (Phi) is 22.9. The van der Waals surface area contributed by atoms with Gasteiger partial charge < -0.3 is 19.4 Å². The number of carbonyl (C=O) groups is 4. The van der Waals surface area contributed by atoms with Gasteiger partial charge in [0.25, 0.3) is 0 Å². The molecule has 0 rings (SSSR count). The van der Waals surface area contributed by atoms with Crippen LogP contribution in [0.3, 0.4) is 0 Å². The fraction of sp³-hybridized carbons (Fsp3) is 0.778. The lowest BCUT2D eigenvalue weighted by Crippen LogP contribution is -2.03. The fourth-order valence-electron chi connectivity index (χ4n) is 1.88. The minimum absolute atomic E-state index is 0.134. The highest BCUT2D eigenvalue weighted by Gasteiger charge is 2.01. The normalized spacial score (nSPS) is 9.97. The second-order valence-electron chi connectivity index (χ2n) is 6.17. The molecular weight excluding hydrogens is 408 g/mol. The molecule has 0 fully saturated rings. The molecule has 0 saturated carbocycles. The number of carboxylic acid groups (broad SMARTS) is 1. The lowest BCUT2D eigenvalue weighted by molar-refractivity contribution is -0.143. The van der Waals surface area contributed by atoms with Crippen molar-refractivity contribution in [1.82, 2.24) is 0 Å². The van der Waals surface area contributed by atoms with Gasteiger partial charge in [-0.05, 0) is 46.5 Å². The molecular formula is C18H34O10S. The third kappa shape index (κ3) is 51.9. The monoisotopic (exact) mass is 442 g/mol. The van der Waals surface area contributed by atoms with Crippen LogP contribution in [0.5, 0.6) is 0 Å². The Hall–Kier alpha value is -1.85. The molecule has 0 atom stereocenters. The molecule has 0 aromatic carbocycles. The molecule has 0 amide bonds. The van der Waals surface area contributed by atoms with E-state index in [0.717, 1.165) is 32.1 Å². The standard InChI is InChI=1S/C10H18O3.C8H14O3.H2O4S/c1-3-13-10(12)8-6-4-5-7-9(2)11;1-7(9)5-3-2-4-6-8(10)11;1-5(2,3)4/h3-8H2,1-2H3;2-6H2,1H3,(H,10,11);(H2,1,2,3,4). The van der Waals surface area contributed by atoms with E-state index < -0.39 is 16.4 Å². The van der Waals surface area contributed by atoms with Crippen LogP contribution in [0, 0.1) is 0 Å². The number of aliphatic carboxylic acids is 1. The summed E-state index contributed by atoms with van der Waals surface area (Å²) in [6, 6.07) is 0. The zero-order valence-corrected chi connectivity index (χ0v) is 18.2. The zero-order chi connectivity index (χ0) is 23.3. The Morgan fingerprint density at radius 1 is 0.724 bits per heavy atom. The maximum absolute atomic E-state index is 10.9. The van der Waals surface area contributed by atoms with Crippen LogP contribution in [0.1, 0.15) is 85.0 Å². The van der Waals surface area contributed by atoms with Crippen molar-refractivity contribution in [1.29, 1.82) is 0 Å². The highest BCUT2D eigenvalue weighted by Crippen LogP contribution is 2.04. The van der Waals surface area contributed by atoms with E-state index in [9.17, 15) is 19.2 Å². The molecule has 0 unspecified atom stereocenters. The summed E-state index contributed by atoms with van der Waals surface area (Å²) in [5, 5.41) is 8.26. The smallest absolute Gasteiger partial charge is 0.394 e. The number of unbranched alkanes of at least 4 members (excludes halogenated alkanes) is 4. The lowest BCUT2D eigenvalue weighted by Gasteiger charge is -2.00. The topological polar surface area (TPSA) is 172 Å². The number of ketones is 2. The van der Waals surface area contributed by atoms with E-state index in [0.29, 0.717) is 32.3 Å². The number of hydrogen-bond acceptors (Lipinski definition) is 7. The molecule has 10 nitrogen and oxygen atoms in total. The zero-order valence-electron chi connectivity index (χ0n) is 17.4. The summed E-state index contributed by atoms with van der Waals surface area (Å²) in [5.41, 5.74) is 0. The van der Waals surface area contributed by atoms with Gasteiger partial charge in [-0.2, -0.15) is 8.42 Å². The Labute approximate surface area is 172 Å². The highest BCUT2D eigenvalue weighted by molar-refractivity contribution is 7.79. The second kappa shape index (κ2) is 20.9.